The summed E-state index contributed by atoms with van der Waals surface area (Å²) in [5.74, 6) is 0.790. The molecule has 0 N–H and O–H groups in total. The number of piperazine rings is 1. The van der Waals surface area contributed by atoms with Gasteiger partial charge in [0.05, 0.1) is 11.6 Å². The fraction of sp³-hybridized carbons (Fsp3) is 0.381. The normalized spacial score (nSPS) is 15.3. The number of nitriles is 1. The van der Waals surface area contributed by atoms with Gasteiger partial charge in [0, 0.05) is 39.3 Å². The molecule has 0 atom stereocenters. The quantitative estimate of drug-likeness (QED) is 0.716. The van der Waals surface area contributed by atoms with Gasteiger partial charge in [-0.3, -0.25) is 9.80 Å². The van der Waals surface area contributed by atoms with E-state index >= 15 is 0 Å². The first-order valence-corrected chi connectivity index (χ1v) is 9.19. The molecule has 1 aliphatic heterocycles. The van der Waals surface area contributed by atoms with Crippen LogP contribution < -0.4 is 9.47 Å². The molecule has 0 aromatic heterocycles. The van der Waals surface area contributed by atoms with Crippen LogP contribution in [0.2, 0.25) is 0 Å². The van der Waals surface area contributed by atoms with Crippen molar-refractivity contribution >= 4 is 0 Å². The molecule has 0 unspecified atom stereocenters. The Kier molecular flexibility index (Phi) is 7.03. The van der Waals surface area contributed by atoms with Crippen LogP contribution in [0.3, 0.4) is 0 Å². The predicted molar refractivity (Wildman–Crippen MR) is 101 cm³/mol. The van der Waals surface area contributed by atoms with Crippen molar-refractivity contribution in [2.45, 2.75) is 0 Å². The van der Waals surface area contributed by atoms with E-state index in [9.17, 15) is 4.39 Å². The number of benzene rings is 2. The van der Waals surface area contributed by atoms with Gasteiger partial charge in [-0.2, -0.15) is 5.26 Å². The van der Waals surface area contributed by atoms with Crippen molar-refractivity contribution in [1.29, 1.82) is 5.26 Å². The van der Waals surface area contributed by atoms with Gasteiger partial charge in [-0.25, -0.2) is 4.39 Å². The maximum Gasteiger partial charge on any atom is 0.165 e. The first-order valence-electron chi connectivity index (χ1n) is 9.19. The molecule has 0 spiro atoms. The Bertz CT molecular complexity index is 753. The second-order valence-corrected chi connectivity index (χ2v) is 6.45. The van der Waals surface area contributed by atoms with Gasteiger partial charge >= 0.3 is 0 Å². The van der Waals surface area contributed by atoms with Crippen molar-refractivity contribution in [3.8, 4) is 17.6 Å². The Morgan fingerprint density at radius 1 is 0.852 bits per heavy atom. The van der Waals surface area contributed by atoms with E-state index in [1.165, 1.54) is 6.07 Å². The van der Waals surface area contributed by atoms with Gasteiger partial charge in [0.15, 0.2) is 11.6 Å². The third-order valence-electron chi connectivity index (χ3n) is 4.63. The number of hydrogen-bond donors (Lipinski definition) is 0. The number of hydrogen-bond acceptors (Lipinski definition) is 5. The molecule has 1 saturated heterocycles. The van der Waals surface area contributed by atoms with Gasteiger partial charge in [-0.1, -0.05) is 12.1 Å². The molecule has 0 amide bonds. The van der Waals surface area contributed by atoms with E-state index < -0.39 is 0 Å². The standard InChI is InChI=1S/C21H24FN3O2/c22-20-3-1-2-4-21(20)27-16-14-25-11-9-24(10-12-25)13-15-26-19-7-5-18(17-23)6-8-19/h1-8H,9-16H2. The molecule has 0 aliphatic carbocycles. The van der Waals surface area contributed by atoms with Gasteiger partial charge in [0.25, 0.3) is 0 Å². The lowest BCUT2D eigenvalue weighted by atomic mass is 10.2. The Morgan fingerprint density at radius 2 is 1.44 bits per heavy atom. The minimum absolute atomic E-state index is 0.315. The Morgan fingerprint density at radius 3 is 2.04 bits per heavy atom. The molecule has 1 fully saturated rings. The molecule has 0 saturated carbocycles. The molecule has 1 aliphatic rings. The van der Waals surface area contributed by atoms with Crippen LogP contribution in [0.25, 0.3) is 0 Å². The summed E-state index contributed by atoms with van der Waals surface area (Å²) < 4.78 is 24.8. The molecule has 0 radical (unpaired) electrons. The van der Waals surface area contributed by atoms with Crippen molar-refractivity contribution in [2.24, 2.45) is 0 Å². The van der Waals surface area contributed by atoms with E-state index in [0.717, 1.165) is 45.0 Å². The van der Waals surface area contributed by atoms with Crippen LogP contribution >= 0.6 is 0 Å². The highest BCUT2D eigenvalue weighted by Crippen LogP contribution is 2.15. The van der Waals surface area contributed by atoms with E-state index in [1.807, 2.05) is 12.1 Å². The Hall–Kier alpha value is -2.62. The van der Waals surface area contributed by atoms with E-state index in [2.05, 4.69) is 15.9 Å². The van der Waals surface area contributed by atoms with Crippen LogP contribution in [0.1, 0.15) is 5.56 Å². The van der Waals surface area contributed by atoms with Crippen LogP contribution in [0, 0.1) is 17.1 Å². The SMILES string of the molecule is N#Cc1ccc(OCCN2CCN(CCOc3ccccc3F)CC2)cc1. The van der Waals surface area contributed by atoms with Gasteiger partial charge in [-0.15, -0.1) is 0 Å². The predicted octanol–water partition coefficient (Wildman–Crippen LogP) is 2.77. The Balaban J connectivity index is 1.29. The highest BCUT2D eigenvalue weighted by Gasteiger charge is 2.16. The molecule has 142 valence electrons. The van der Waals surface area contributed by atoms with Gasteiger partial charge in [-0.05, 0) is 36.4 Å². The molecule has 2 aromatic rings. The minimum atomic E-state index is -0.315. The zero-order valence-electron chi connectivity index (χ0n) is 15.3. The fourth-order valence-corrected chi connectivity index (χ4v) is 3.00. The molecular formula is C21H24FN3O2. The van der Waals surface area contributed by atoms with Crippen LogP contribution in [0.4, 0.5) is 4.39 Å². The molecule has 27 heavy (non-hydrogen) atoms. The fourth-order valence-electron chi connectivity index (χ4n) is 3.00. The van der Waals surface area contributed by atoms with Crippen LogP contribution in [0.15, 0.2) is 48.5 Å². The molecule has 2 aromatic carbocycles. The lowest BCUT2D eigenvalue weighted by molar-refractivity contribution is 0.104. The van der Waals surface area contributed by atoms with Crippen LogP contribution in [-0.4, -0.2) is 62.3 Å². The third-order valence-corrected chi connectivity index (χ3v) is 4.63. The van der Waals surface area contributed by atoms with Crippen molar-refractivity contribution < 1.29 is 13.9 Å². The van der Waals surface area contributed by atoms with Gasteiger partial charge in [0.2, 0.25) is 0 Å². The summed E-state index contributed by atoms with van der Waals surface area (Å²) in [6.45, 7) is 6.69. The third kappa shape index (κ3) is 5.95. The number of para-hydroxylation sites is 1. The highest BCUT2D eigenvalue weighted by molar-refractivity contribution is 5.34. The lowest BCUT2D eigenvalue weighted by Crippen LogP contribution is -2.48. The average Bonchev–Trinajstić information content (AvgIpc) is 2.71. The molecule has 3 rings (SSSR count). The van der Waals surface area contributed by atoms with Crippen molar-refractivity contribution in [3.05, 3.63) is 59.9 Å². The van der Waals surface area contributed by atoms with Crippen molar-refractivity contribution in [3.63, 3.8) is 0 Å². The minimum Gasteiger partial charge on any atom is -0.492 e. The van der Waals surface area contributed by atoms with E-state index in [-0.39, 0.29) is 5.82 Å². The average molecular weight is 369 g/mol. The molecular weight excluding hydrogens is 345 g/mol. The lowest BCUT2D eigenvalue weighted by Gasteiger charge is -2.34. The smallest absolute Gasteiger partial charge is 0.165 e. The highest BCUT2D eigenvalue weighted by atomic mass is 19.1. The summed E-state index contributed by atoms with van der Waals surface area (Å²) in [6.07, 6.45) is 0. The largest absolute Gasteiger partial charge is 0.492 e. The number of halogens is 1. The van der Waals surface area contributed by atoms with Crippen LogP contribution in [0.5, 0.6) is 11.5 Å². The summed E-state index contributed by atoms with van der Waals surface area (Å²) in [5.41, 5.74) is 0.637. The molecule has 1 heterocycles. The summed E-state index contributed by atoms with van der Waals surface area (Å²) in [5, 5.41) is 8.79. The Labute approximate surface area is 159 Å². The number of ether oxygens (including phenoxy) is 2. The summed E-state index contributed by atoms with van der Waals surface area (Å²) in [4.78, 5) is 4.71. The second-order valence-electron chi connectivity index (χ2n) is 6.45. The number of nitrogens with zero attached hydrogens (tertiary/aromatic N) is 3. The van der Waals surface area contributed by atoms with E-state index in [0.29, 0.717) is 24.5 Å². The topological polar surface area (TPSA) is 48.7 Å². The monoisotopic (exact) mass is 369 g/mol. The van der Waals surface area contributed by atoms with Gasteiger partial charge in [0.1, 0.15) is 19.0 Å². The number of rotatable bonds is 8. The van der Waals surface area contributed by atoms with E-state index in [1.54, 1.807) is 30.3 Å². The summed E-state index contributed by atoms with van der Waals surface area (Å²) >= 11 is 0. The summed E-state index contributed by atoms with van der Waals surface area (Å²) in [7, 11) is 0. The second kappa shape index (κ2) is 9.91. The van der Waals surface area contributed by atoms with Crippen molar-refractivity contribution in [2.75, 3.05) is 52.5 Å². The zero-order valence-corrected chi connectivity index (χ0v) is 15.3. The first-order chi connectivity index (χ1) is 13.2. The van der Waals surface area contributed by atoms with Crippen molar-refractivity contribution in [1.82, 2.24) is 9.80 Å². The summed E-state index contributed by atoms with van der Waals surface area (Å²) in [6, 6.07) is 15.8. The molecule has 0 bridgehead atoms. The molecule has 5 nitrogen and oxygen atoms in total. The molecule has 6 heteroatoms. The van der Waals surface area contributed by atoms with E-state index in [4.69, 9.17) is 14.7 Å². The van der Waals surface area contributed by atoms with Gasteiger partial charge < -0.3 is 9.47 Å². The first kappa shape index (κ1) is 19.2. The zero-order chi connectivity index (χ0) is 18.9. The maximum absolute atomic E-state index is 13.5. The van der Waals surface area contributed by atoms with Crippen LogP contribution in [-0.2, 0) is 0 Å². The maximum atomic E-state index is 13.5.